The van der Waals surface area contributed by atoms with Crippen LogP contribution >= 0.6 is 7.57 Å². The predicted octanol–water partition coefficient (Wildman–Crippen LogP) is 6.03. The molecular formula is C35H50N5O7P. The third kappa shape index (κ3) is 10.3. The molecule has 48 heavy (non-hydrogen) atoms. The van der Waals surface area contributed by atoms with Gasteiger partial charge in [0, 0.05) is 36.6 Å². The van der Waals surface area contributed by atoms with E-state index in [1.165, 1.54) is 0 Å². The van der Waals surface area contributed by atoms with E-state index in [-0.39, 0.29) is 42.9 Å². The number of fused-ring (bicyclic) bond motifs is 5. The fourth-order valence-electron chi connectivity index (χ4n) is 5.36. The van der Waals surface area contributed by atoms with Crippen molar-refractivity contribution in [3.63, 3.8) is 0 Å². The van der Waals surface area contributed by atoms with Gasteiger partial charge in [-0.25, -0.2) is 4.68 Å². The lowest BCUT2D eigenvalue weighted by Gasteiger charge is -2.28. The first-order valence-corrected chi connectivity index (χ1v) is 18.3. The Morgan fingerprint density at radius 1 is 0.854 bits per heavy atom. The van der Waals surface area contributed by atoms with Gasteiger partial charge < -0.3 is 33.3 Å². The number of carbonyl (C=O) groups excluding carboxylic acids is 2. The highest BCUT2D eigenvalue weighted by atomic mass is 31.2. The second-order valence-corrected chi connectivity index (χ2v) is 14.2. The van der Waals surface area contributed by atoms with Gasteiger partial charge in [0.25, 0.3) is 7.57 Å². The van der Waals surface area contributed by atoms with Crippen LogP contribution in [0.25, 0.3) is 22.5 Å². The highest BCUT2D eigenvalue weighted by Gasteiger charge is 2.29. The van der Waals surface area contributed by atoms with E-state index in [9.17, 15) is 9.59 Å². The first-order valence-electron chi connectivity index (χ1n) is 16.6. The van der Waals surface area contributed by atoms with E-state index in [0.717, 1.165) is 33.8 Å². The number of hydrogen-bond donors (Lipinski definition) is 1. The van der Waals surface area contributed by atoms with Crippen LogP contribution in [0.3, 0.4) is 0 Å². The van der Waals surface area contributed by atoms with Crippen LogP contribution in [0.5, 0.6) is 0 Å². The monoisotopic (exact) mass is 683 g/mol. The molecule has 4 rings (SSSR count). The molecule has 0 radical (unpaired) electrons. The lowest BCUT2D eigenvalue weighted by molar-refractivity contribution is -0.125. The average molecular weight is 684 g/mol. The molecule has 1 aliphatic rings. The van der Waals surface area contributed by atoms with Gasteiger partial charge in [-0.1, -0.05) is 47.7 Å². The molecule has 2 amide bonds. The zero-order chi connectivity index (χ0) is 34.7. The van der Waals surface area contributed by atoms with Crippen molar-refractivity contribution in [1.29, 1.82) is 0 Å². The molecule has 1 aliphatic heterocycles. The van der Waals surface area contributed by atoms with Crippen molar-refractivity contribution >= 4 is 31.4 Å². The molecule has 0 bridgehead atoms. The third-order valence-electron chi connectivity index (χ3n) is 7.30. The van der Waals surface area contributed by atoms with E-state index in [0.29, 0.717) is 46.1 Å². The van der Waals surface area contributed by atoms with Crippen LogP contribution in [0.15, 0.2) is 48.5 Å². The van der Waals surface area contributed by atoms with Crippen LogP contribution in [-0.4, -0.2) is 84.9 Å². The number of amides is 2. The molecule has 1 aromatic heterocycles. The molecule has 0 fully saturated rings. The van der Waals surface area contributed by atoms with Crippen LogP contribution in [0.2, 0.25) is 0 Å². The molecule has 262 valence electrons. The van der Waals surface area contributed by atoms with Crippen molar-refractivity contribution in [3.05, 3.63) is 54.1 Å². The van der Waals surface area contributed by atoms with Crippen molar-refractivity contribution in [2.45, 2.75) is 79.2 Å². The summed E-state index contributed by atoms with van der Waals surface area (Å²) in [6.07, 6.45) is 4.02. The van der Waals surface area contributed by atoms with Crippen LogP contribution in [-0.2, 0) is 39.2 Å². The Kier molecular flexibility index (Phi) is 13.9. The second kappa shape index (κ2) is 17.9. The molecule has 0 unspecified atom stereocenters. The van der Waals surface area contributed by atoms with Gasteiger partial charge >= 0.3 is 0 Å². The highest BCUT2D eigenvalue weighted by molar-refractivity contribution is 7.59. The number of benzene rings is 2. The molecule has 0 saturated carbocycles. The quantitative estimate of drug-likeness (QED) is 0.126. The summed E-state index contributed by atoms with van der Waals surface area (Å²) in [5.41, 5.74) is 5.22. The summed E-state index contributed by atoms with van der Waals surface area (Å²) >= 11 is 0. The summed E-state index contributed by atoms with van der Waals surface area (Å²) in [5, 5.41) is 11.9. The standard InChI is InChI=1S/C35H50N5O7P/c1-25(2)40-35-29-13-9-8-12-28(29)24-39(31-15-11-10-14-30(31)34(35)37-38-40)33(42)17-16-32(41)36-18-19-43-20-21-44-22-23-45-48(7,46-26(3)4)47-27(5)6/h8-15,25-27H,7,16-24H2,1-6H3,(H,36,41). The number of para-hydroxylation sites is 1. The molecule has 0 saturated heterocycles. The first kappa shape index (κ1) is 37.4. The Hall–Kier alpha value is -3.38. The van der Waals surface area contributed by atoms with Gasteiger partial charge in [-0.3, -0.25) is 9.59 Å². The Morgan fingerprint density at radius 2 is 1.48 bits per heavy atom. The molecule has 0 aliphatic carbocycles. The maximum Gasteiger partial charge on any atom is 0.251 e. The summed E-state index contributed by atoms with van der Waals surface area (Å²) in [5.74, 6) is -0.357. The normalized spacial score (nSPS) is 12.9. The minimum Gasteiger partial charge on any atom is -0.377 e. The number of rotatable bonds is 18. The first-order chi connectivity index (χ1) is 23.0. The van der Waals surface area contributed by atoms with Crippen molar-refractivity contribution in [1.82, 2.24) is 20.3 Å². The second-order valence-electron chi connectivity index (χ2n) is 12.3. The molecule has 3 aromatic rings. The fourth-order valence-corrected chi connectivity index (χ4v) is 7.16. The summed E-state index contributed by atoms with van der Waals surface area (Å²) in [4.78, 5) is 28.1. The van der Waals surface area contributed by atoms with Gasteiger partial charge in [0.1, 0.15) is 5.69 Å². The number of nitrogens with zero attached hydrogens (tertiary/aromatic N) is 4. The van der Waals surface area contributed by atoms with Gasteiger partial charge in [-0.15, -0.1) is 5.10 Å². The number of hydrogen-bond acceptors (Lipinski definition) is 9. The van der Waals surface area contributed by atoms with Gasteiger partial charge in [-0.2, -0.15) is 0 Å². The van der Waals surface area contributed by atoms with E-state index in [1.807, 2.05) is 80.9 Å². The SMILES string of the molecule is C=P(OCCOCCOCCNC(=O)CCC(=O)N1Cc2ccccc2-c2c(nnn2C(C)C)-c2ccccc21)(OC(C)C)OC(C)C. The summed E-state index contributed by atoms with van der Waals surface area (Å²) < 4.78 is 30.4. The van der Waals surface area contributed by atoms with E-state index in [4.69, 9.17) is 23.0 Å². The average Bonchev–Trinajstić information content (AvgIpc) is 3.47. The number of carbonyl (C=O) groups is 2. The topological polar surface area (TPSA) is 126 Å². The van der Waals surface area contributed by atoms with Crippen molar-refractivity contribution in [2.75, 3.05) is 44.5 Å². The van der Waals surface area contributed by atoms with Gasteiger partial charge in [0.15, 0.2) is 0 Å². The maximum absolute atomic E-state index is 13.7. The predicted molar refractivity (Wildman–Crippen MR) is 189 cm³/mol. The molecular weight excluding hydrogens is 633 g/mol. The molecule has 2 heterocycles. The molecule has 13 heteroatoms. The Balaban J connectivity index is 1.22. The molecule has 0 atom stereocenters. The zero-order valence-electron chi connectivity index (χ0n) is 29.0. The van der Waals surface area contributed by atoms with Crippen LogP contribution in [0.1, 0.15) is 66.0 Å². The summed E-state index contributed by atoms with van der Waals surface area (Å²) in [6, 6.07) is 15.9. The summed E-state index contributed by atoms with van der Waals surface area (Å²) in [6.45, 7) is 14.2. The highest BCUT2D eigenvalue weighted by Crippen LogP contribution is 2.51. The third-order valence-corrected chi connectivity index (χ3v) is 9.36. The van der Waals surface area contributed by atoms with Gasteiger partial charge in [-0.05, 0) is 59.5 Å². The van der Waals surface area contributed by atoms with Crippen LogP contribution < -0.4 is 10.2 Å². The van der Waals surface area contributed by atoms with Crippen LogP contribution in [0, 0.1) is 0 Å². The van der Waals surface area contributed by atoms with Crippen molar-refractivity contribution in [3.8, 4) is 22.5 Å². The number of aromatic nitrogens is 3. The molecule has 12 nitrogen and oxygen atoms in total. The van der Waals surface area contributed by atoms with E-state index < -0.39 is 7.57 Å². The van der Waals surface area contributed by atoms with E-state index >= 15 is 0 Å². The Labute approximate surface area is 284 Å². The minimum absolute atomic E-state index is 0.0614. The van der Waals surface area contributed by atoms with Crippen molar-refractivity contribution < 1.29 is 32.6 Å². The van der Waals surface area contributed by atoms with Gasteiger partial charge in [0.2, 0.25) is 11.8 Å². The van der Waals surface area contributed by atoms with Crippen LogP contribution in [0.4, 0.5) is 5.69 Å². The summed E-state index contributed by atoms with van der Waals surface area (Å²) in [7, 11) is -2.66. The van der Waals surface area contributed by atoms with E-state index in [2.05, 4.69) is 35.8 Å². The maximum atomic E-state index is 13.7. The molecule has 1 N–H and O–H groups in total. The molecule has 0 spiro atoms. The molecule has 2 aromatic carbocycles. The Bertz CT molecular complexity index is 1540. The lowest BCUT2D eigenvalue weighted by Crippen LogP contribution is -2.34. The Morgan fingerprint density at radius 3 is 2.17 bits per heavy atom. The lowest BCUT2D eigenvalue weighted by atomic mass is 9.95. The van der Waals surface area contributed by atoms with E-state index in [1.54, 1.807) is 4.90 Å². The minimum atomic E-state index is -2.66. The van der Waals surface area contributed by atoms with Gasteiger partial charge in [0.05, 0.1) is 63.2 Å². The smallest absolute Gasteiger partial charge is 0.251 e. The number of ether oxygens (including phenoxy) is 2. The largest absolute Gasteiger partial charge is 0.377 e. The van der Waals surface area contributed by atoms with Crippen molar-refractivity contribution in [2.24, 2.45) is 0 Å². The number of nitrogens with one attached hydrogen (secondary N) is 1. The zero-order valence-corrected chi connectivity index (χ0v) is 29.9. The number of anilines is 1. The fraction of sp³-hybridized carbons (Fsp3) is 0.514.